The van der Waals surface area contributed by atoms with Crippen molar-refractivity contribution in [1.82, 2.24) is 14.5 Å². The molecule has 3 heterocycles. The lowest BCUT2D eigenvalue weighted by Gasteiger charge is -2.25. The Morgan fingerprint density at radius 1 is 1.47 bits per heavy atom. The molecule has 0 aromatic carbocycles. The zero-order valence-corrected chi connectivity index (χ0v) is 18.3. The van der Waals surface area contributed by atoms with Gasteiger partial charge >= 0.3 is 0 Å². The third kappa shape index (κ3) is 3.74. The summed E-state index contributed by atoms with van der Waals surface area (Å²) in [6, 6.07) is 0. The Kier molecular flexibility index (Phi) is 5.66. The fraction of sp³-hybridized carbons (Fsp3) is 0.304. The van der Waals surface area contributed by atoms with Crippen LogP contribution in [-0.4, -0.2) is 46.7 Å². The maximum atomic E-state index is 13.5. The Morgan fingerprint density at radius 2 is 2.30 bits per heavy atom. The molecular formula is C23H24N4O2S. The van der Waals surface area contributed by atoms with Crippen LogP contribution < -0.4 is 5.56 Å². The highest BCUT2D eigenvalue weighted by Gasteiger charge is 2.27. The van der Waals surface area contributed by atoms with Gasteiger partial charge in [-0.05, 0) is 31.2 Å². The molecule has 1 aromatic rings. The molecule has 3 aliphatic rings. The van der Waals surface area contributed by atoms with Crippen LogP contribution in [0.2, 0.25) is 0 Å². The predicted molar refractivity (Wildman–Crippen MR) is 122 cm³/mol. The minimum Gasteiger partial charge on any atom is -0.486 e. The first-order chi connectivity index (χ1) is 14.5. The lowest BCUT2D eigenvalue weighted by Crippen LogP contribution is -2.26. The van der Waals surface area contributed by atoms with Crippen molar-refractivity contribution >= 4 is 28.1 Å². The van der Waals surface area contributed by atoms with E-state index >= 15 is 0 Å². The summed E-state index contributed by atoms with van der Waals surface area (Å²) in [5, 5.41) is 0.916. The first-order valence-corrected chi connectivity index (χ1v) is 10.7. The highest BCUT2D eigenvalue weighted by Crippen LogP contribution is 2.38. The van der Waals surface area contributed by atoms with Crippen LogP contribution in [0.1, 0.15) is 25.5 Å². The van der Waals surface area contributed by atoms with Crippen LogP contribution in [0, 0.1) is 0 Å². The summed E-state index contributed by atoms with van der Waals surface area (Å²) in [4.78, 5) is 25.4. The second kappa shape index (κ2) is 8.38. The maximum Gasteiger partial charge on any atom is 0.272 e. The van der Waals surface area contributed by atoms with E-state index in [1.165, 1.54) is 11.8 Å². The molecule has 4 rings (SSSR count). The molecule has 0 radical (unpaired) electrons. The van der Waals surface area contributed by atoms with Gasteiger partial charge < -0.3 is 9.64 Å². The number of rotatable bonds is 4. The molecule has 1 aliphatic carbocycles. The first-order valence-electron chi connectivity index (χ1n) is 9.90. The fourth-order valence-corrected chi connectivity index (χ4v) is 4.74. The number of nitrogens with zero attached hydrogens (tertiary/aromatic N) is 4. The summed E-state index contributed by atoms with van der Waals surface area (Å²) in [5.74, 6) is 0.694. The van der Waals surface area contributed by atoms with E-state index in [2.05, 4.69) is 17.3 Å². The van der Waals surface area contributed by atoms with E-state index in [1.807, 2.05) is 50.2 Å². The molecule has 2 bridgehead atoms. The van der Waals surface area contributed by atoms with E-state index in [0.29, 0.717) is 35.9 Å². The molecule has 154 valence electrons. The molecule has 0 saturated carbocycles. The molecule has 30 heavy (non-hydrogen) atoms. The summed E-state index contributed by atoms with van der Waals surface area (Å²) in [5.41, 5.74) is 7.52. The zero-order valence-electron chi connectivity index (χ0n) is 17.4. The standard InChI is InChI=1S/C23H24N4O2S/c1-5-19(26(3)4)18-13-20(24-6-2)30-22-21(18)25-14-27(23(22)28)16-7-8-17-12-15(11-16)9-10-29-17/h5,7-8,11,14H,1,6,9-10,13H2,2-4H3/b19-18-,24-20?. The number of aliphatic imine (C=N–C) groups is 1. The van der Waals surface area contributed by atoms with Crippen LogP contribution in [-0.2, 0) is 4.74 Å². The molecule has 0 atom stereocenters. The number of hydrogen-bond donors (Lipinski definition) is 0. The van der Waals surface area contributed by atoms with Gasteiger partial charge in [-0.15, -0.1) is 0 Å². The molecule has 2 aliphatic heterocycles. The number of aromatic nitrogens is 2. The van der Waals surface area contributed by atoms with E-state index in [9.17, 15) is 4.79 Å². The fourth-order valence-electron chi connectivity index (χ4n) is 3.63. The average molecular weight is 421 g/mol. The summed E-state index contributed by atoms with van der Waals surface area (Å²) in [6.07, 6.45) is 10.5. The number of ether oxygens (including phenoxy) is 1. The number of likely N-dealkylation sites (N-methyl/N-ethyl adjacent to an activating group) is 1. The van der Waals surface area contributed by atoms with Crippen molar-refractivity contribution in [2.75, 3.05) is 27.2 Å². The van der Waals surface area contributed by atoms with Crippen LogP contribution >= 0.6 is 11.8 Å². The second-order valence-corrected chi connectivity index (χ2v) is 8.31. The molecule has 0 N–H and O–H groups in total. The van der Waals surface area contributed by atoms with Crippen molar-refractivity contribution in [3.8, 4) is 0 Å². The zero-order chi connectivity index (χ0) is 21.3. The van der Waals surface area contributed by atoms with E-state index in [-0.39, 0.29) is 5.56 Å². The normalized spacial score (nSPS) is 20.4. The SMILES string of the molecule is C=C/C(=C1\CC(=NCC)Sc2c1ncn(C1=CC3=C=C(C=C1)OCC3)c2=O)N(C)C. The average Bonchev–Trinajstić information content (AvgIpc) is 2.86. The van der Waals surface area contributed by atoms with E-state index in [0.717, 1.165) is 34.0 Å². The van der Waals surface area contributed by atoms with E-state index in [1.54, 1.807) is 10.9 Å². The highest BCUT2D eigenvalue weighted by atomic mass is 32.2. The van der Waals surface area contributed by atoms with Gasteiger partial charge in [0.15, 0.2) is 5.76 Å². The van der Waals surface area contributed by atoms with Crippen molar-refractivity contribution in [2.24, 2.45) is 4.99 Å². The van der Waals surface area contributed by atoms with Crippen molar-refractivity contribution < 1.29 is 4.74 Å². The van der Waals surface area contributed by atoms with Gasteiger partial charge in [-0.1, -0.05) is 24.1 Å². The predicted octanol–water partition coefficient (Wildman–Crippen LogP) is 3.86. The summed E-state index contributed by atoms with van der Waals surface area (Å²) in [6.45, 7) is 7.25. The van der Waals surface area contributed by atoms with Crippen molar-refractivity contribution in [1.29, 1.82) is 0 Å². The van der Waals surface area contributed by atoms with Crippen LogP contribution in [0.5, 0.6) is 0 Å². The minimum atomic E-state index is -0.105. The van der Waals surface area contributed by atoms with Gasteiger partial charge in [0.25, 0.3) is 5.56 Å². The highest BCUT2D eigenvalue weighted by molar-refractivity contribution is 8.14. The van der Waals surface area contributed by atoms with Crippen molar-refractivity contribution in [3.63, 3.8) is 0 Å². The van der Waals surface area contributed by atoms with E-state index in [4.69, 9.17) is 9.72 Å². The van der Waals surface area contributed by atoms with Crippen molar-refractivity contribution in [2.45, 2.75) is 24.7 Å². The molecular weight excluding hydrogens is 396 g/mol. The van der Waals surface area contributed by atoms with Gasteiger partial charge in [-0.25, -0.2) is 4.98 Å². The summed E-state index contributed by atoms with van der Waals surface area (Å²) < 4.78 is 7.16. The molecule has 7 heteroatoms. The van der Waals surface area contributed by atoms with Crippen LogP contribution in [0.3, 0.4) is 0 Å². The molecule has 6 nitrogen and oxygen atoms in total. The van der Waals surface area contributed by atoms with E-state index < -0.39 is 0 Å². The quantitative estimate of drug-likeness (QED) is 0.693. The van der Waals surface area contributed by atoms with Crippen LogP contribution in [0.15, 0.2) is 74.7 Å². The molecule has 0 saturated heterocycles. The second-order valence-electron chi connectivity index (χ2n) is 7.22. The number of fused-ring (bicyclic) bond motifs is 1. The number of thioether (sulfide) groups is 1. The Balaban J connectivity index is 1.88. The molecule has 0 unspecified atom stereocenters. The van der Waals surface area contributed by atoms with Crippen molar-refractivity contribution in [3.05, 3.63) is 76.0 Å². The molecule has 0 spiro atoms. The monoisotopic (exact) mass is 420 g/mol. The third-order valence-corrected chi connectivity index (χ3v) is 6.08. The Labute approximate surface area is 180 Å². The number of hydrogen-bond acceptors (Lipinski definition) is 6. The first kappa shape index (κ1) is 20.3. The maximum absolute atomic E-state index is 13.5. The molecule has 0 fully saturated rings. The lowest BCUT2D eigenvalue weighted by molar-refractivity contribution is 0.223. The van der Waals surface area contributed by atoms with Gasteiger partial charge in [0.2, 0.25) is 0 Å². The Hall–Kier alpha value is -3.02. The molecule has 0 amide bonds. The lowest BCUT2D eigenvalue weighted by atomic mass is 10.0. The van der Waals surface area contributed by atoms with Gasteiger partial charge in [0, 0.05) is 50.3 Å². The topological polar surface area (TPSA) is 59.7 Å². The minimum absolute atomic E-state index is 0.105. The Morgan fingerprint density at radius 3 is 3.03 bits per heavy atom. The van der Waals surface area contributed by atoms with Gasteiger partial charge in [-0.3, -0.25) is 14.4 Å². The largest absolute Gasteiger partial charge is 0.486 e. The third-order valence-electron chi connectivity index (χ3n) is 5.00. The van der Waals surface area contributed by atoms with Crippen LogP contribution in [0.25, 0.3) is 11.3 Å². The summed E-state index contributed by atoms with van der Waals surface area (Å²) in [7, 11) is 3.93. The van der Waals surface area contributed by atoms with Gasteiger partial charge in [0.05, 0.1) is 23.0 Å². The number of allylic oxidation sites excluding steroid dienone is 5. The molecule has 1 aromatic heterocycles. The smallest absolute Gasteiger partial charge is 0.272 e. The van der Waals surface area contributed by atoms with Gasteiger partial charge in [0.1, 0.15) is 11.2 Å². The van der Waals surface area contributed by atoms with Gasteiger partial charge in [-0.2, -0.15) is 0 Å². The van der Waals surface area contributed by atoms with Crippen LogP contribution in [0.4, 0.5) is 0 Å². The summed E-state index contributed by atoms with van der Waals surface area (Å²) >= 11 is 1.42. The Bertz CT molecular complexity index is 1160.